The maximum Gasteiger partial charge on any atom is 0.235 e. The zero-order valence-corrected chi connectivity index (χ0v) is 10.5. The van der Waals surface area contributed by atoms with Crippen LogP contribution in [-0.2, 0) is 9.59 Å². The Bertz CT molecular complexity index is 489. The molecule has 1 fully saturated rings. The van der Waals surface area contributed by atoms with Crippen LogP contribution in [0.25, 0.3) is 0 Å². The number of nitrogens with zero attached hydrogens (tertiary/aromatic N) is 3. The molecule has 1 unspecified atom stereocenters. The smallest absolute Gasteiger partial charge is 0.235 e. The molecule has 0 aromatic heterocycles. The quantitative estimate of drug-likeness (QED) is 0.594. The van der Waals surface area contributed by atoms with Crippen molar-refractivity contribution in [2.45, 2.75) is 12.5 Å². The third-order valence-corrected chi connectivity index (χ3v) is 3.02. The molecule has 94 valence electrons. The lowest BCUT2D eigenvalue weighted by molar-refractivity contribution is -0.117. The van der Waals surface area contributed by atoms with Crippen molar-refractivity contribution in [1.82, 2.24) is 0 Å². The third kappa shape index (κ3) is 2.41. The van der Waals surface area contributed by atoms with Gasteiger partial charge in [-0.05, 0) is 24.3 Å². The van der Waals surface area contributed by atoms with Gasteiger partial charge in [-0.2, -0.15) is 0 Å². The summed E-state index contributed by atoms with van der Waals surface area (Å²) in [6.45, 7) is 0.454. The van der Waals surface area contributed by atoms with Gasteiger partial charge in [0.25, 0.3) is 0 Å². The van der Waals surface area contributed by atoms with E-state index in [9.17, 15) is 9.59 Å². The molecular weight excluding hydrogens is 230 g/mol. The van der Waals surface area contributed by atoms with Crippen molar-refractivity contribution in [3.05, 3.63) is 24.3 Å². The van der Waals surface area contributed by atoms with Gasteiger partial charge in [-0.3, -0.25) is 4.79 Å². The van der Waals surface area contributed by atoms with Crippen LogP contribution in [0.1, 0.15) is 6.42 Å². The van der Waals surface area contributed by atoms with Crippen molar-refractivity contribution in [2.75, 3.05) is 30.4 Å². The first-order valence-electron chi connectivity index (χ1n) is 5.76. The highest BCUT2D eigenvalue weighted by Gasteiger charge is 2.30. The van der Waals surface area contributed by atoms with Crippen LogP contribution in [0.2, 0.25) is 0 Å². The van der Waals surface area contributed by atoms with Crippen LogP contribution in [0.4, 0.5) is 11.4 Å². The van der Waals surface area contributed by atoms with Crippen molar-refractivity contribution in [2.24, 2.45) is 4.99 Å². The monoisotopic (exact) mass is 245 g/mol. The summed E-state index contributed by atoms with van der Waals surface area (Å²) >= 11 is 0. The predicted molar refractivity (Wildman–Crippen MR) is 69.6 cm³/mol. The molecule has 2 rings (SSSR count). The Kier molecular flexibility index (Phi) is 3.44. The molecule has 1 atom stereocenters. The van der Waals surface area contributed by atoms with Gasteiger partial charge in [0.1, 0.15) is 0 Å². The topological polar surface area (TPSA) is 53.0 Å². The number of carbonyl (C=O) groups excluding carboxylic acids is 2. The van der Waals surface area contributed by atoms with Crippen LogP contribution in [-0.4, -0.2) is 38.7 Å². The normalized spacial score (nSPS) is 18.7. The van der Waals surface area contributed by atoms with E-state index in [-0.39, 0.29) is 18.4 Å². The lowest BCUT2D eigenvalue weighted by atomic mass is 10.2. The summed E-state index contributed by atoms with van der Waals surface area (Å²) < 4.78 is 0. The summed E-state index contributed by atoms with van der Waals surface area (Å²) in [5.41, 5.74) is 1.92. The highest BCUT2D eigenvalue weighted by atomic mass is 16.2. The first-order chi connectivity index (χ1) is 8.61. The van der Waals surface area contributed by atoms with Gasteiger partial charge in [-0.25, -0.2) is 9.79 Å². The van der Waals surface area contributed by atoms with E-state index in [1.165, 1.54) is 6.08 Å². The van der Waals surface area contributed by atoms with Gasteiger partial charge < -0.3 is 9.80 Å². The molecule has 0 spiro atoms. The van der Waals surface area contributed by atoms with E-state index in [1.54, 1.807) is 4.90 Å². The van der Waals surface area contributed by atoms with Gasteiger partial charge in [-0.15, -0.1) is 0 Å². The standard InChI is InChI=1S/C13H15N3O2/c1-15(2)11-3-5-12(6-4-11)16-8-10(14-9-17)7-13(16)18/h3-6,10H,7-8H2,1-2H3. The zero-order chi connectivity index (χ0) is 13.1. The SMILES string of the molecule is CN(C)c1ccc(N2CC(N=C=O)CC2=O)cc1. The second-order valence-corrected chi connectivity index (χ2v) is 4.49. The summed E-state index contributed by atoms with van der Waals surface area (Å²) in [7, 11) is 3.93. The minimum absolute atomic E-state index is 0.00315. The molecular formula is C13H15N3O2. The lowest BCUT2D eigenvalue weighted by Crippen LogP contribution is -2.24. The van der Waals surface area contributed by atoms with Crippen molar-refractivity contribution < 1.29 is 9.59 Å². The molecule has 0 N–H and O–H groups in total. The van der Waals surface area contributed by atoms with E-state index in [0.717, 1.165) is 11.4 Å². The number of hydrogen-bond acceptors (Lipinski definition) is 4. The number of isocyanates is 1. The molecule has 1 aliphatic rings. The van der Waals surface area contributed by atoms with Crippen LogP contribution in [0.15, 0.2) is 29.3 Å². The van der Waals surface area contributed by atoms with E-state index in [4.69, 9.17) is 0 Å². The van der Waals surface area contributed by atoms with Crippen LogP contribution < -0.4 is 9.80 Å². The lowest BCUT2D eigenvalue weighted by Gasteiger charge is -2.18. The number of aliphatic imine (C=N–C) groups is 1. The molecule has 1 saturated heterocycles. The van der Waals surface area contributed by atoms with Crippen LogP contribution in [0.3, 0.4) is 0 Å². The second kappa shape index (κ2) is 5.02. The highest BCUT2D eigenvalue weighted by Crippen LogP contribution is 2.25. The number of anilines is 2. The minimum atomic E-state index is -0.261. The van der Waals surface area contributed by atoms with E-state index in [0.29, 0.717) is 6.54 Å². The Hall–Kier alpha value is -2.13. The molecule has 0 aliphatic carbocycles. The summed E-state index contributed by atoms with van der Waals surface area (Å²) in [5.74, 6) is -0.00315. The maximum atomic E-state index is 11.8. The Labute approximate surface area is 106 Å². The number of carbonyl (C=O) groups is 1. The van der Waals surface area contributed by atoms with E-state index in [1.807, 2.05) is 43.3 Å². The van der Waals surface area contributed by atoms with Crippen molar-refractivity contribution in [1.29, 1.82) is 0 Å². The molecule has 1 amide bonds. The fourth-order valence-corrected chi connectivity index (χ4v) is 2.03. The van der Waals surface area contributed by atoms with Crippen molar-refractivity contribution in [3.63, 3.8) is 0 Å². The molecule has 0 bridgehead atoms. The van der Waals surface area contributed by atoms with E-state index in [2.05, 4.69) is 4.99 Å². The van der Waals surface area contributed by atoms with Gasteiger partial charge >= 0.3 is 0 Å². The van der Waals surface area contributed by atoms with E-state index >= 15 is 0 Å². The Morgan fingerprint density at radius 3 is 2.56 bits per heavy atom. The summed E-state index contributed by atoms with van der Waals surface area (Å²) in [4.78, 5) is 29.3. The molecule has 1 aromatic carbocycles. The fourth-order valence-electron chi connectivity index (χ4n) is 2.03. The fraction of sp³-hybridized carbons (Fsp3) is 0.385. The second-order valence-electron chi connectivity index (χ2n) is 4.49. The van der Waals surface area contributed by atoms with E-state index < -0.39 is 0 Å². The van der Waals surface area contributed by atoms with Gasteiger partial charge in [-0.1, -0.05) is 0 Å². The van der Waals surface area contributed by atoms with Gasteiger partial charge in [0, 0.05) is 32.0 Å². The predicted octanol–water partition coefficient (Wildman–Crippen LogP) is 1.19. The average molecular weight is 245 g/mol. The number of rotatable bonds is 3. The van der Waals surface area contributed by atoms with Crippen LogP contribution in [0.5, 0.6) is 0 Å². The number of amides is 1. The third-order valence-electron chi connectivity index (χ3n) is 3.02. The molecule has 18 heavy (non-hydrogen) atoms. The summed E-state index contributed by atoms with van der Waals surface area (Å²) in [6, 6.07) is 7.46. The molecule has 5 heteroatoms. The molecule has 1 aliphatic heterocycles. The van der Waals surface area contributed by atoms with Gasteiger partial charge in [0.15, 0.2) is 0 Å². The first kappa shape index (κ1) is 12.3. The Morgan fingerprint density at radius 2 is 2.00 bits per heavy atom. The molecule has 1 aromatic rings. The summed E-state index contributed by atoms with van der Waals surface area (Å²) in [5, 5.41) is 0. The maximum absolute atomic E-state index is 11.8. The highest BCUT2D eigenvalue weighted by molar-refractivity contribution is 5.96. The molecule has 0 radical (unpaired) electrons. The van der Waals surface area contributed by atoms with Crippen LogP contribution >= 0.6 is 0 Å². The Balaban J connectivity index is 2.17. The van der Waals surface area contributed by atoms with Gasteiger partial charge in [0.2, 0.25) is 12.0 Å². The first-order valence-corrected chi connectivity index (χ1v) is 5.76. The minimum Gasteiger partial charge on any atom is -0.378 e. The summed E-state index contributed by atoms with van der Waals surface area (Å²) in [6.07, 6.45) is 1.80. The number of benzene rings is 1. The molecule has 5 nitrogen and oxygen atoms in total. The average Bonchev–Trinajstić information content (AvgIpc) is 2.71. The largest absolute Gasteiger partial charge is 0.378 e. The van der Waals surface area contributed by atoms with Crippen molar-refractivity contribution in [3.8, 4) is 0 Å². The van der Waals surface area contributed by atoms with Crippen molar-refractivity contribution >= 4 is 23.4 Å². The zero-order valence-electron chi connectivity index (χ0n) is 10.5. The molecule has 1 heterocycles. The number of hydrogen-bond donors (Lipinski definition) is 0. The Morgan fingerprint density at radius 1 is 1.33 bits per heavy atom. The van der Waals surface area contributed by atoms with Gasteiger partial charge in [0.05, 0.1) is 12.5 Å². The van der Waals surface area contributed by atoms with Crippen LogP contribution in [0, 0.1) is 0 Å². The molecule has 0 saturated carbocycles.